The predicted octanol–water partition coefficient (Wildman–Crippen LogP) is 4.02. The SMILES string of the molecule is C1=C/c2ccccc2OCCCOc2ccccc2/1. The molecule has 0 N–H and O–H groups in total. The van der Waals surface area contributed by atoms with Crippen molar-refractivity contribution in [1.82, 2.24) is 0 Å². The summed E-state index contributed by atoms with van der Waals surface area (Å²) in [5.41, 5.74) is 2.19. The predicted molar refractivity (Wildman–Crippen MR) is 77.4 cm³/mol. The first-order chi connectivity index (χ1) is 9.43. The van der Waals surface area contributed by atoms with Crippen LogP contribution in [0, 0.1) is 0 Å². The molecule has 0 saturated heterocycles. The van der Waals surface area contributed by atoms with Gasteiger partial charge in [-0.25, -0.2) is 0 Å². The van der Waals surface area contributed by atoms with Gasteiger partial charge in [-0.3, -0.25) is 0 Å². The minimum atomic E-state index is 0.674. The Balaban J connectivity index is 2.00. The third-order valence-corrected chi connectivity index (χ3v) is 3.08. The smallest absolute Gasteiger partial charge is 0.126 e. The van der Waals surface area contributed by atoms with Crippen LogP contribution in [0.5, 0.6) is 11.5 Å². The number of rotatable bonds is 0. The van der Waals surface area contributed by atoms with E-state index in [1.165, 1.54) is 0 Å². The van der Waals surface area contributed by atoms with E-state index in [4.69, 9.17) is 9.47 Å². The zero-order chi connectivity index (χ0) is 12.9. The number of para-hydroxylation sites is 2. The second-order valence-electron chi connectivity index (χ2n) is 4.46. The normalized spacial score (nSPS) is 16.0. The summed E-state index contributed by atoms with van der Waals surface area (Å²) in [4.78, 5) is 0. The maximum Gasteiger partial charge on any atom is 0.126 e. The van der Waals surface area contributed by atoms with Crippen molar-refractivity contribution in [2.24, 2.45) is 0 Å². The fraction of sp³-hybridized carbons (Fsp3) is 0.176. The Morgan fingerprint density at radius 1 is 0.632 bits per heavy atom. The van der Waals surface area contributed by atoms with Crippen LogP contribution >= 0.6 is 0 Å². The van der Waals surface area contributed by atoms with Crippen molar-refractivity contribution in [3.63, 3.8) is 0 Å². The molecule has 2 heteroatoms. The lowest BCUT2D eigenvalue weighted by atomic mass is 10.1. The van der Waals surface area contributed by atoms with Gasteiger partial charge in [0.05, 0.1) is 13.2 Å². The van der Waals surface area contributed by atoms with Crippen LogP contribution in [0.25, 0.3) is 12.2 Å². The highest BCUT2D eigenvalue weighted by Gasteiger charge is 2.04. The molecule has 0 aromatic heterocycles. The molecule has 1 aliphatic heterocycles. The summed E-state index contributed by atoms with van der Waals surface area (Å²) in [7, 11) is 0. The zero-order valence-electron chi connectivity index (χ0n) is 10.7. The van der Waals surface area contributed by atoms with Gasteiger partial charge in [-0.2, -0.15) is 0 Å². The number of hydrogen-bond donors (Lipinski definition) is 0. The Bertz CT molecular complexity index is 536. The van der Waals surface area contributed by atoms with Gasteiger partial charge in [0.2, 0.25) is 0 Å². The maximum absolute atomic E-state index is 5.79. The minimum absolute atomic E-state index is 0.674. The molecule has 19 heavy (non-hydrogen) atoms. The van der Waals surface area contributed by atoms with Crippen LogP contribution in [-0.2, 0) is 0 Å². The van der Waals surface area contributed by atoms with Crippen LogP contribution in [0.1, 0.15) is 17.5 Å². The fourth-order valence-corrected chi connectivity index (χ4v) is 2.10. The van der Waals surface area contributed by atoms with Gasteiger partial charge in [-0.05, 0) is 12.1 Å². The van der Waals surface area contributed by atoms with Gasteiger partial charge in [0, 0.05) is 17.5 Å². The lowest BCUT2D eigenvalue weighted by molar-refractivity contribution is 0.247. The molecule has 1 heterocycles. The summed E-state index contributed by atoms with van der Waals surface area (Å²) in [6.45, 7) is 1.35. The molecule has 2 nitrogen and oxygen atoms in total. The first-order valence-corrected chi connectivity index (χ1v) is 6.55. The summed E-state index contributed by atoms with van der Waals surface area (Å²) >= 11 is 0. The first-order valence-electron chi connectivity index (χ1n) is 6.55. The van der Waals surface area contributed by atoms with Crippen LogP contribution in [0.2, 0.25) is 0 Å². The third kappa shape index (κ3) is 2.79. The summed E-state index contributed by atoms with van der Waals surface area (Å²) in [5.74, 6) is 1.86. The van der Waals surface area contributed by atoms with E-state index >= 15 is 0 Å². The molecule has 0 fully saturated rings. The molecular formula is C17H16O2. The molecule has 0 saturated carbocycles. The second kappa shape index (κ2) is 5.61. The van der Waals surface area contributed by atoms with Gasteiger partial charge in [-0.1, -0.05) is 48.6 Å². The van der Waals surface area contributed by atoms with Gasteiger partial charge in [-0.15, -0.1) is 0 Å². The van der Waals surface area contributed by atoms with Gasteiger partial charge in [0.25, 0.3) is 0 Å². The molecule has 0 aliphatic carbocycles. The van der Waals surface area contributed by atoms with Crippen molar-refractivity contribution in [3.8, 4) is 11.5 Å². The van der Waals surface area contributed by atoms with E-state index in [1.54, 1.807) is 0 Å². The number of hydrogen-bond acceptors (Lipinski definition) is 2. The summed E-state index contributed by atoms with van der Waals surface area (Å²) < 4.78 is 11.6. The quantitative estimate of drug-likeness (QED) is 0.705. The Hall–Kier alpha value is -2.22. The van der Waals surface area contributed by atoms with E-state index in [-0.39, 0.29) is 0 Å². The Morgan fingerprint density at radius 2 is 1.11 bits per heavy atom. The Morgan fingerprint density at radius 3 is 1.63 bits per heavy atom. The van der Waals surface area contributed by atoms with Crippen molar-refractivity contribution in [1.29, 1.82) is 0 Å². The van der Waals surface area contributed by atoms with Crippen molar-refractivity contribution in [2.75, 3.05) is 13.2 Å². The van der Waals surface area contributed by atoms with E-state index in [0.717, 1.165) is 29.0 Å². The molecule has 1 aliphatic rings. The van der Waals surface area contributed by atoms with Crippen LogP contribution in [-0.4, -0.2) is 13.2 Å². The summed E-state index contributed by atoms with van der Waals surface area (Å²) in [6, 6.07) is 16.2. The lowest BCUT2D eigenvalue weighted by Gasteiger charge is -2.09. The molecule has 0 spiro atoms. The fourth-order valence-electron chi connectivity index (χ4n) is 2.10. The van der Waals surface area contributed by atoms with Crippen LogP contribution < -0.4 is 9.47 Å². The first kappa shape index (κ1) is 11.8. The maximum atomic E-state index is 5.79. The van der Waals surface area contributed by atoms with E-state index in [1.807, 2.05) is 36.4 Å². The van der Waals surface area contributed by atoms with Crippen LogP contribution in [0.15, 0.2) is 48.5 Å². The molecule has 3 rings (SSSR count). The largest absolute Gasteiger partial charge is 0.493 e. The molecule has 0 unspecified atom stereocenters. The highest BCUT2D eigenvalue weighted by molar-refractivity contribution is 5.74. The van der Waals surface area contributed by atoms with Gasteiger partial charge in [0.15, 0.2) is 0 Å². The van der Waals surface area contributed by atoms with Gasteiger partial charge in [0.1, 0.15) is 11.5 Å². The number of fused-ring (bicyclic) bond motifs is 2. The Labute approximate surface area is 113 Å². The lowest BCUT2D eigenvalue weighted by Crippen LogP contribution is -2.05. The van der Waals surface area contributed by atoms with Crippen molar-refractivity contribution >= 4 is 12.2 Å². The minimum Gasteiger partial charge on any atom is -0.493 e. The molecule has 2 aromatic carbocycles. The Kier molecular flexibility index (Phi) is 3.50. The van der Waals surface area contributed by atoms with Crippen molar-refractivity contribution in [3.05, 3.63) is 59.7 Å². The molecule has 0 amide bonds. The van der Waals surface area contributed by atoms with E-state index < -0.39 is 0 Å². The summed E-state index contributed by atoms with van der Waals surface area (Å²) in [6.07, 6.45) is 5.02. The molecule has 2 aromatic rings. The average molecular weight is 252 g/mol. The number of benzene rings is 2. The highest BCUT2D eigenvalue weighted by Crippen LogP contribution is 2.25. The van der Waals surface area contributed by atoms with E-state index in [2.05, 4.69) is 24.3 Å². The second-order valence-corrected chi connectivity index (χ2v) is 4.46. The van der Waals surface area contributed by atoms with Crippen molar-refractivity contribution in [2.45, 2.75) is 6.42 Å². The zero-order valence-corrected chi connectivity index (χ0v) is 10.7. The molecular weight excluding hydrogens is 236 g/mol. The van der Waals surface area contributed by atoms with Gasteiger partial charge >= 0.3 is 0 Å². The standard InChI is InChI=1S/C17H16O2/c1-3-8-16-14(6-1)10-11-15-7-2-4-9-17(15)19-13-5-12-18-16/h1-4,6-11H,5,12-13H2/b11-10+. The van der Waals surface area contributed by atoms with Crippen LogP contribution in [0.3, 0.4) is 0 Å². The highest BCUT2D eigenvalue weighted by atomic mass is 16.5. The van der Waals surface area contributed by atoms with Gasteiger partial charge < -0.3 is 9.47 Å². The van der Waals surface area contributed by atoms with E-state index in [0.29, 0.717) is 13.2 Å². The monoisotopic (exact) mass is 252 g/mol. The van der Waals surface area contributed by atoms with Crippen molar-refractivity contribution < 1.29 is 9.47 Å². The summed E-state index contributed by atoms with van der Waals surface area (Å²) in [5, 5.41) is 0. The third-order valence-electron chi connectivity index (χ3n) is 3.08. The molecule has 0 atom stereocenters. The molecule has 0 bridgehead atoms. The molecule has 96 valence electrons. The average Bonchev–Trinajstić information content (AvgIpc) is 2.50. The van der Waals surface area contributed by atoms with Crippen LogP contribution in [0.4, 0.5) is 0 Å². The topological polar surface area (TPSA) is 18.5 Å². The number of ether oxygens (including phenoxy) is 2. The van der Waals surface area contributed by atoms with E-state index in [9.17, 15) is 0 Å². The molecule has 0 radical (unpaired) electrons.